The lowest BCUT2D eigenvalue weighted by Crippen LogP contribution is -2.31. The van der Waals surface area contributed by atoms with Gasteiger partial charge in [0, 0.05) is 61.8 Å². The van der Waals surface area contributed by atoms with Crippen molar-refractivity contribution in [1.29, 1.82) is 0 Å². The summed E-state index contributed by atoms with van der Waals surface area (Å²) in [4.78, 5) is 24.8. The third-order valence-corrected chi connectivity index (χ3v) is 3.73. The molecule has 0 bridgehead atoms. The fourth-order valence-corrected chi connectivity index (χ4v) is 2.46. The Bertz CT molecular complexity index is 875. The van der Waals surface area contributed by atoms with Crippen molar-refractivity contribution in [3.8, 4) is 23.1 Å². The molecule has 3 aromatic rings. The zero-order chi connectivity index (χ0) is 19.1. The van der Waals surface area contributed by atoms with Crippen LogP contribution in [0.25, 0.3) is 11.6 Å². The van der Waals surface area contributed by atoms with Crippen molar-refractivity contribution >= 4 is 11.7 Å². The second kappa shape index (κ2) is 8.65. The highest BCUT2D eigenvalue weighted by Gasteiger charge is 2.09. The third kappa shape index (κ3) is 4.72. The molecule has 0 aliphatic heterocycles. The van der Waals surface area contributed by atoms with E-state index in [1.54, 1.807) is 57.1 Å². The molecule has 2 heterocycles. The van der Waals surface area contributed by atoms with Gasteiger partial charge in [0.1, 0.15) is 11.5 Å². The van der Waals surface area contributed by atoms with Crippen LogP contribution in [-0.4, -0.2) is 46.3 Å². The molecule has 0 saturated heterocycles. The zero-order valence-corrected chi connectivity index (χ0v) is 15.0. The van der Waals surface area contributed by atoms with Crippen LogP contribution in [0, 0.1) is 0 Å². The Balaban J connectivity index is 1.56. The van der Waals surface area contributed by atoms with E-state index in [0.717, 1.165) is 0 Å². The van der Waals surface area contributed by atoms with Crippen LogP contribution >= 0.6 is 0 Å². The normalized spacial score (nSPS) is 10.3. The maximum absolute atomic E-state index is 12.1. The molecule has 0 radical (unpaired) electrons. The highest BCUT2D eigenvalue weighted by atomic mass is 16.5. The minimum absolute atomic E-state index is 0.331. The number of aromatic nitrogens is 4. The van der Waals surface area contributed by atoms with Gasteiger partial charge in [0.15, 0.2) is 11.6 Å². The van der Waals surface area contributed by atoms with Crippen LogP contribution in [0.4, 0.5) is 10.5 Å². The van der Waals surface area contributed by atoms with E-state index in [0.29, 0.717) is 41.9 Å². The van der Waals surface area contributed by atoms with Gasteiger partial charge in [0.25, 0.3) is 0 Å². The Kier molecular flexibility index (Phi) is 5.83. The molecule has 0 atom stereocenters. The lowest BCUT2D eigenvalue weighted by molar-refractivity contribution is 0.251. The number of amides is 2. The van der Waals surface area contributed by atoms with Crippen molar-refractivity contribution in [1.82, 2.24) is 24.8 Å². The number of benzene rings is 1. The molecule has 0 aliphatic rings. The molecule has 0 fully saturated rings. The first kappa shape index (κ1) is 18.2. The summed E-state index contributed by atoms with van der Waals surface area (Å²) >= 11 is 0. The van der Waals surface area contributed by atoms with Crippen LogP contribution in [0.3, 0.4) is 0 Å². The first-order chi connectivity index (χ1) is 13.2. The van der Waals surface area contributed by atoms with Gasteiger partial charge < -0.3 is 24.7 Å². The quantitative estimate of drug-likeness (QED) is 0.663. The van der Waals surface area contributed by atoms with Crippen LogP contribution in [0.5, 0.6) is 11.5 Å². The molecule has 140 valence electrons. The van der Waals surface area contributed by atoms with Crippen molar-refractivity contribution in [2.75, 3.05) is 26.1 Å². The molecule has 2 N–H and O–H groups in total. The molecule has 0 aliphatic carbocycles. The van der Waals surface area contributed by atoms with E-state index in [9.17, 15) is 4.79 Å². The molecule has 0 unspecified atom stereocenters. The van der Waals surface area contributed by atoms with Crippen LogP contribution in [0.1, 0.15) is 0 Å². The predicted molar refractivity (Wildman–Crippen MR) is 99.8 cm³/mol. The monoisotopic (exact) mass is 368 g/mol. The summed E-state index contributed by atoms with van der Waals surface area (Å²) in [6, 6.07) is 6.57. The van der Waals surface area contributed by atoms with Gasteiger partial charge in [-0.15, -0.1) is 0 Å². The average molecular weight is 368 g/mol. The summed E-state index contributed by atoms with van der Waals surface area (Å²) in [5.74, 6) is 2.37. The molecule has 0 saturated carbocycles. The Labute approximate surface area is 156 Å². The number of carbonyl (C=O) groups excluding carboxylic acids is 1. The number of carbonyl (C=O) groups is 1. The molecule has 9 nitrogen and oxygen atoms in total. The van der Waals surface area contributed by atoms with Gasteiger partial charge in [0.05, 0.1) is 14.2 Å². The molecule has 27 heavy (non-hydrogen) atoms. The standard InChI is InChI=1S/C18H20N6O3/c1-26-14-10-13(11-15(12-14)27-2)23-18(25)22-7-9-24-8-6-21-17(24)16-19-4-3-5-20-16/h3-6,8,10-12H,7,9H2,1-2H3,(H2,22,23,25). The number of rotatable bonds is 7. The zero-order valence-electron chi connectivity index (χ0n) is 15.0. The Morgan fingerprint density at radius 2 is 1.74 bits per heavy atom. The number of hydrogen-bond donors (Lipinski definition) is 2. The maximum Gasteiger partial charge on any atom is 0.319 e. The highest BCUT2D eigenvalue weighted by molar-refractivity contribution is 5.89. The number of nitrogens with zero attached hydrogens (tertiary/aromatic N) is 4. The summed E-state index contributed by atoms with van der Waals surface area (Å²) in [6.45, 7) is 0.936. The summed E-state index contributed by atoms with van der Waals surface area (Å²) < 4.78 is 12.3. The van der Waals surface area contributed by atoms with E-state index >= 15 is 0 Å². The van der Waals surface area contributed by atoms with Crippen LogP contribution < -0.4 is 20.1 Å². The molecule has 2 amide bonds. The van der Waals surface area contributed by atoms with Gasteiger partial charge in [-0.05, 0) is 6.07 Å². The predicted octanol–water partition coefficient (Wildman–Crippen LogP) is 2.18. The van der Waals surface area contributed by atoms with Gasteiger partial charge >= 0.3 is 6.03 Å². The summed E-state index contributed by atoms with van der Waals surface area (Å²) in [5.41, 5.74) is 0.574. The van der Waals surface area contributed by atoms with Gasteiger partial charge in [-0.2, -0.15) is 0 Å². The van der Waals surface area contributed by atoms with Crippen LogP contribution in [0.15, 0.2) is 49.1 Å². The molecule has 0 spiro atoms. The SMILES string of the molecule is COc1cc(NC(=O)NCCn2ccnc2-c2ncccn2)cc(OC)c1. The van der Waals surface area contributed by atoms with Gasteiger partial charge in [0.2, 0.25) is 0 Å². The number of methoxy groups -OCH3 is 2. The van der Waals surface area contributed by atoms with E-state index in [1.807, 2.05) is 10.8 Å². The van der Waals surface area contributed by atoms with Crippen LogP contribution in [0.2, 0.25) is 0 Å². The summed E-state index contributed by atoms with van der Waals surface area (Å²) in [7, 11) is 3.11. The fourth-order valence-electron chi connectivity index (χ4n) is 2.46. The average Bonchev–Trinajstić information content (AvgIpc) is 3.16. The minimum Gasteiger partial charge on any atom is -0.497 e. The molecule has 1 aromatic carbocycles. The van der Waals surface area contributed by atoms with E-state index in [1.165, 1.54) is 0 Å². The number of anilines is 1. The van der Waals surface area contributed by atoms with Crippen molar-refractivity contribution in [3.05, 3.63) is 49.1 Å². The molecular formula is C18H20N6O3. The lowest BCUT2D eigenvalue weighted by atomic mass is 10.3. The van der Waals surface area contributed by atoms with E-state index in [4.69, 9.17) is 9.47 Å². The number of nitrogens with one attached hydrogen (secondary N) is 2. The second-order valence-corrected chi connectivity index (χ2v) is 5.50. The largest absolute Gasteiger partial charge is 0.497 e. The second-order valence-electron chi connectivity index (χ2n) is 5.50. The third-order valence-electron chi connectivity index (χ3n) is 3.73. The van der Waals surface area contributed by atoms with Gasteiger partial charge in [-0.1, -0.05) is 0 Å². The number of imidazole rings is 1. The van der Waals surface area contributed by atoms with Crippen molar-refractivity contribution in [3.63, 3.8) is 0 Å². The summed E-state index contributed by atoms with van der Waals surface area (Å²) in [5, 5.41) is 5.56. The number of urea groups is 1. The Morgan fingerprint density at radius 3 is 2.41 bits per heavy atom. The van der Waals surface area contributed by atoms with Gasteiger partial charge in [-0.3, -0.25) is 0 Å². The van der Waals surface area contributed by atoms with Gasteiger partial charge in [-0.25, -0.2) is 19.7 Å². The smallest absolute Gasteiger partial charge is 0.319 e. The topological polar surface area (TPSA) is 103 Å². The molecular weight excluding hydrogens is 348 g/mol. The molecule has 2 aromatic heterocycles. The number of hydrogen-bond acceptors (Lipinski definition) is 6. The highest BCUT2D eigenvalue weighted by Crippen LogP contribution is 2.25. The van der Waals surface area contributed by atoms with Crippen molar-refractivity contribution in [2.24, 2.45) is 0 Å². The maximum atomic E-state index is 12.1. The van der Waals surface area contributed by atoms with E-state index in [-0.39, 0.29) is 6.03 Å². The first-order valence-corrected chi connectivity index (χ1v) is 8.26. The minimum atomic E-state index is -0.331. The number of ether oxygens (including phenoxy) is 2. The lowest BCUT2D eigenvalue weighted by Gasteiger charge is -2.11. The fraction of sp³-hybridized carbons (Fsp3) is 0.222. The van der Waals surface area contributed by atoms with Crippen LogP contribution in [-0.2, 0) is 6.54 Å². The summed E-state index contributed by atoms with van der Waals surface area (Å²) in [6.07, 6.45) is 6.82. The molecule has 3 rings (SSSR count). The van der Waals surface area contributed by atoms with Crippen molar-refractivity contribution in [2.45, 2.75) is 6.54 Å². The first-order valence-electron chi connectivity index (χ1n) is 8.26. The Hall–Kier alpha value is -3.62. The van der Waals surface area contributed by atoms with Crippen molar-refractivity contribution < 1.29 is 14.3 Å². The Morgan fingerprint density at radius 1 is 1.04 bits per heavy atom. The molecule has 9 heteroatoms. The van der Waals surface area contributed by atoms with E-state index < -0.39 is 0 Å². The van der Waals surface area contributed by atoms with E-state index in [2.05, 4.69) is 25.6 Å².